The van der Waals surface area contributed by atoms with Crippen LogP contribution < -0.4 is 5.73 Å². The number of hydrogen-bond acceptors (Lipinski definition) is 3. The lowest BCUT2D eigenvalue weighted by atomic mass is 10.0. The van der Waals surface area contributed by atoms with Gasteiger partial charge >= 0.3 is 0 Å². The first-order chi connectivity index (χ1) is 9.74. The molecule has 0 spiro atoms. The monoisotopic (exact) mass is 268 g/mol. The minimum absolute atomic E-state index is 0.524. The molecule has 0 atom stereocenters. The third-order valence-electron chi connectivity index (χ3n) is 3.76. The number of nitrogen functional groups attached to an aromatic ring is 1. The van der Waals surface area contributed by atoms with Crippen molar-refractivity contribution in [1.29, 1.82) is 0 Å². The van der Waals surface area contributed by atoms with Crippen LogP contribution in [0.3, 0.4) is 0 Å². The number of pyridine rings is 1. The van der Waals surface area contributed by atoms with E-state index in [1.165, 1.54) is 10.9 Å². The Morgan fingerprint density at radius 2 is 2.10 bits per heavy atom. The summed E-state index contributed by atoms with van der Waals surface area (Å²) in [7, 11) is 0. The van der Waals surface area contributed by atoms with Gasteiger partial charge in [0.25, 0.3) is 0 Å². The lowest BCUT2D eigenvalue weighted by molar-refractivity contribution is 0.577. The molecular weight excluding hydrogens is 248 g/mol. The molecule has 0 fully saturated rings. The number of benzene rings is 1. The molecule has 4 heteroatoms. The molecule has 1 aromatic carbocycles. The summed E-state index contributed by atoms with van der Waals surface area (Å²) in [6, 6.07) is 6.22. The Kier molecular flexibility index (Phi) is 3.30. The van der Waals surface area contributed by atoms with Crippen molar-refractivity contribution in [3.63, 3.8) is 0 Å². The molecule has 3 aromatic rings. The van der Waals surface area contributed by atoms with Crippen LogP contribution in [-0.2, 0) is 13.0 Å². The smallest absolute Gasteiger partial charge is 0.152 e. The largest absolute Gasteiger partial charge is 0.382 e. The normalized spacial score (nSPS) is 11.5. The Bertz CT molecular complexity index is 758. The predicted octanol–water partition coefficient (Wildman–Crippen LogP) is 3.53. The second-order valence-corrected chi connectivity index (χ2v) is 5.17. The van der Waals surface area contributed by atoms with E-state index in [4.69, 9.17) is 5.73 Å². The van der Waals surface area contributed by atoms with Gasteiger partial charge in [0.2, 0.25) is 0 Å². The first kappa shape index (κ1) is 12.9. The molecule has 0 unspecified atom stereocenters. The molecule has 0 aliphatic carbocycles. The lowest BCUT2D eigenvalue weighted by Crippen LogP contribution is -1.98. The van der Waals surface area contributed by atoms with Crippen LogP contribution in [0.2, 0.25) is 0 Å². The third-order valence-corrected chi connectivity index (χ3v) is 3.76. The minimum atomic E-state index is 0.524. The molecule has 0 amide bonds. The van der Waals surface area contributed by atoms with Crippen molar-refractivity contribution in [2.75, 3.05) is 5.73 Å². The summed E-state index contributed by atoms with van der Waals surface area (Å²) in [5.74, 6) is 0.524. The summed E-state index contributed by atoms with van der Waals surface area (Å²) >= 11 is 0. The number of rotatable bonds is 4. The number of aryl methyl sites for hydroxylation is 2. The van der Waals surface area contributed by atoms with E-state index in [2.05, 4.69) is 36.2 Å². The van der Waals surface area contributed by atoms with Crippen LogP contribution >= 0.6 is 0 Å². The van der Waals surface area contributed by atoms with Gasteiger partial charge in [-0.3, -0.25) is 4.68 Å². The molecule has 2 heterocycles. The molecule has 0 aliphatic heterocycles. The predicted molar refractivity (Wildman–Crippen MR) is 83.7 cm³/mol. The van der Waals surface area contributed by atoms with Crippen LogP contribution in [0.25, 0.3) is 21.8 Å². The van der Waals surface area contributed by atoms with Gasteiger partial charge in [0.1, 0.15) is 5.52 Å². The first-order valence-electron chi connectivity index (χ1n) is 7.28. The Balaban J connectivity index is 2.30. The molecule has 2 aromatic heterocycles. The lowest BCUT2D eigenvalue weighted by Gasteiger charge is -2.05. The SMILES string of the molecule is CCCCn1cc2c(n1)c(N)nc1cccc(CC)c12. The van der Waals surface area contributed by atoms with Crippen LogP contribution in [-0.4, -0.2) is 14.8 Å². The summed E-state index contributed by atoms with van der Waals surface area (Å²) in [4.78, 5) is 4.51. The van der Waals surface area contributed by atoms with Gasteiger partial charge in [0, 0.05) is 23.5 Å². The van der Waals surface area contributed by atoms with Gasteiger partial charge in [-0.2, -0.15) is 5.10 Å². The molecule has 0 aliphatic rings. The van der Waals surface area contributed by atoms with Crippen molar-refractivity contribution in [3.8, 4) is 0 Å². The fourth-order valence-corrected chi connectivity index (χ4v) is 2.70. The summed E-state index contributed by atoms with van der Waals surface area (Å²) < 4.78 is 2.00. The van der Waals surface area contributed by atoms with Crippen molar-refractivity contribution in [2.45, 2.75) is 39.7 Å². The molecule has 0 saturated heterocycles. The van der Waals surface area contributed by atoms with Gasteiger partial charge in [0.05, 0.1) is 5.52 Å². The molecule has 0 radical (unpaired) electrons. The van der Waals surface area contributed by atoms with E-state index in [1.807, 2.05) is 16.8 Å². The van der Waals surface area contributed by atoms with E-state index in [-0.39, 0.29) is 0 Å². The molecule has 0 saturated carbocycles. The number of anilines is 1. The van der Waals surface area contributed by atoms with Crippen LogP contribution in [0.4, 0.5) is 5.82 Å². The van der Waals surface area contributed by atoms with E-state index in [0.717, 1.165) is 42.2 Å². The van der Waals surface area contributed by atoms with Gasteiger partial charge in [-0.1, -0.05) is 32.4 Å². The molecule has 20 heavy (non-hydrogen) atoms. The summed E-state index contributed by atoms with van der Waals surface area (Å²) in [5.41, 5.74) is 9.16. The molecule has 104 valence electrons. The number of nitrogens with zero attached hydrogens (tertiary/aromatic N) is 3. The third kappa shape index (κ3) is 2.01. The zero-order valence-corrected chi connectivity index (χ0v) is 12.1. The molecule has 2 N–H and O–H groups in total. The number of hydrogen-bond donors (Lipinski definition) is 1. The second-order valence-electron chi connectivity index (χ2n) is 5.17. The second kappa shape index (κ2) is 5.12. The maximum absolute atomic E-state index is 6.07. The maximum atomic E-state index is 6.07. The van der Waals surface area contributed by atoms with Gasteiger partial charge in [-0.05, 0) is 24.5 Å². The number of unbranched alkanes of at least 4 members (excludes halogenated alkanes) is 1. The first-order valence-corrected chi connectivity index (χ1v) is 7.28. The van der Waals surface area contributed by atoms with Crippen molar-refractivity contribution in [2.24, 2.45) is 0 Å². The van der Waals surface area contributed by atoms with Crippen molar-refractivity contribution in [1.82, 2.24) is 14.8 Å². The summed E-state index contributed by atoms with van der Waals surface area (Å²) in [6.07, 6.45) is 5.38. The van der Waals surface area contributed by atoms with Crippen LogP contribution in [0.15, 0.2) is 24.4 Å². The Hall–Kier alpha value is -2.10. The number of aromatic nitrogens is 3. The number of fused-ring (bicyclic) bond motifs is 3. The molecule has 0 bridgehead atoms. The minimum Gasteiger partial charge on any atom is -0.382 e. The van der Waals surface area contributed by atoms with Crippen LogP contribution in [0, 0.1) is 0 Å². The summed E-state index contributed by atoms with van der Waals surface area (Å²) in [6.45, 7) is 5.28. The fraction of sp³-hybridized carbons (Fsp3) is 0.375. The maximum Gasteiger partial charge on any atom is 0.152 e. The molecule has 3 rings (SSSR count). The Morgan fingerprint density at radius 1 is 1.25 bits per heavy atom. The standard InChI is InChI=1S/C16H20N4/c1-3-5-9-20-10-12-14-11(4-2)7-6-8-13(14)18-16(17)15(12)19-20/h6-8,10H,3-5,9H2,1-2H3,(H2,17,18). The zero-order valence-electron chi connectivity index (χ0n) is 12.1. The Morgan fingerprint density at radius 3 is 2.85 bits per heavy atom. The van der Waals surface area contributed by atoms with Crippen LogP contribution in [0.1, 0.15) is 32.3 Å². The van der Waals surface area contributed by atoms with Gasteiger partial charge in [-0.25, -0.2) is 4.98 Å². The van der Waals surface area contributed by atoms with Crippen molar-refractivity contribution in [3.05, 3.63) is 30.0 Å². The Labute approximate surface area is 118 Å². The highest BCUT2D eigenvalue weighted by Gasteiger charge is 2.12. The van der Waals surface area contributed by atoms with E-state index >= 15 is 0 Å². The molecule has 4 nitrogen and oxygen atoms in total. The van der Waals surface area contributed by atoms with Gasteiger partial charge in [-0.15, -0.1) is 0 Å². The van der Waals surface area contributed by atoms with Crippen molar-refractivity contribution < 1.29 is 0 Å². The van der Waals surface area contributed by atoms with E-state index in [9.17, 15) is 0 Å². The van der Waals surface area contributed by atoms with Gasteiger partial charge < -0.3 is 5.73 Å². The quantitative estimate of drug-likeness (QED) is 0.787. The average Bonchev–Trinajstić information content (AvgIpc) is 2.89. The van der Waals surface area contributed by atoms with E-state index in [0.29, 0.717) is 5.82 Å². The number of nitrogens with two attached hydrogens (primary N) is 1. The highest BCUT2D eigenvalue weighted by Crippen LogP contribution is 2.29. The van der Waals surface area contributed by atoms with Gasteiger partial charge in [0.15, 0.2) is 5.82 Å². The molecular formula is C16H20N4. The topological polar surface area (TPSA) is 56.7 Å². The highest BCUT2D eigenvalue weighted by atomic mass is 15.3. The van der Waals surface area contributed by atoms with Crippen LogP contribution in [0.5, 0.6) is 0 Å². The summed E-state index contributed by atoms with van der Waals surface area (Å²) in [5, 5.41) is 6.93. The zero-order chi connectivity index (χ0) is 14.1. The highest BCUT2D eigenvalue weighted by molar-refractivity contribution is 6.09. The van der Waals surface area contributed by atoms with E-state index in [1.54, 1.807) is 0 Å². The fourth-order valence-electron chi connectivity index (χ4n) is 2.70. The average molecular weight is 268 g/mol. The van der Waals surface area contributed by atoms with Crippen molar-refractivity contribution >= 4 is 27.6 Å². The van der Waals surface area contributed by atoms with E-state index < -0.39 is 0 Å².